The van der Waals surface area contributed by atoms with Gasteiger partial charge in [0.25, 0.3) is 0 Å². The third-order valence-corrected chi connectivity index (χ3v) is 3.66. The van der Waals surface area contributed by atoms with Gasteiger partial charge in [0.05, 0.1) is 5.41 Å². The molecule has 2 rings (SSSR count). The van der Waals surface area contributed by atoms with E-state index in [2.05, 4.69) is 5.32 Å². The van der Waals surface area contributed by atoms with E-state index in [0.717, 1.165) is 18.4 Å². The first-order chi connectivity index (χ1) is 8.99. The number of aliphatic carboxylic acids is 1. The zero-order chi connectivity index (χ0) is 14.0. The molecule has 1 amide bonds. The molecule has 1 fully saturated rings. The lowest BCUT2D eigenvalue weighted by Gasteiger charge is -2.19. The van der Waals surface area contributed by atoms with Gasteiger partial charge in [-0.25, -0.2) is 4.79 Å². The molecule has 1 aromatic rings. The van der Waals surface area contributed by atoms with E-state index in [1.54, 1.807) is 19.1 Å². The molecule has 1 aliphatic carbocycles. The number of benzene rings is 1. The standard InChI is InChI=1S/C14H18N2O3/c1-2-11(12(17)18)16-13(19)14(7-8-14)9-3-5-10(15)6-4-9/h3-6,11H,2,7-8,15H2,1H3,(H,16,19)(H,17,18)/t11-/m1/s1. The second-order valence-corrected chi connectivity index (χ2v) is 4.98. The quantitative estimate of drug-likeness (QED) is 0.697. The van der Waals surface area contributed by atoms with Gasteiger partial charge in [0.1, 0.15) is 6.04 Å². The number of nitrogen functional groups attached to an aromatic ring is 1. The molecule has 0 unspecified atom stereocenters. The number of carboxylic acids is 1. The highest BCUT2D eigenvalue weighted by Gasteiger charge is 2.51. The minimum absolute atomic E-state index is 0.202. The Labute approximate surface area is 111 Å². The summed E-state index contributed by atoms with van der Waals surface area (Å²) in [6, 6.07) is 6.38. The van der Waals surface area contributed by atoms with E-state index >= 15 is 0 Å². The smallest absolute Gasteiger partial charge is 0.326 e. The number of hydrogen-bond donors (Lipinski definition) is 3. The Morgan fingerprint density at radius 3 is 2.37 bits per heavy atom. The summed E-state index contributed by atoms with van der Waals surface area (Å²) in [7, 11) is 0. The van der Waals surface area contributed by atoms with Gasteiger partial charge in [0, 0.05) is 5.69 Å². The van der Waals surface area contributed by atoms with Crippen LogP contribution >= 0.6 is 0 Å². The Bertz CT molecular complexity index is 492. The normalized spacial score (nSPS) is 17.5. The summed E-state index contributed by atoms with van der Waals surface area (Å²) >= 11 is 0. The lowest BCUT2D eigenvalue weighted by molar-refractivity contribution is -0.142. The summed E-state index contributed by atoms with van der Waals surface area (Å²) in [4.78, 5) is 23.2. The molecule has 5 nitrogen and oxygen atoms in total. The topological polar surface area (TPSA) is 92.4 Å². The fourth-order valence-electron chi connectivity index (χ4n) is 2.21. The van der Waals surface area contributed by atoms with Gasteiger partial charge < -0.3 is 16.2 Å². The highest BCUT2D eigenvalue weighted by molar-refractivity contribution is 5.94. The Morgan fingerprint density at radius 1 is 1.37 bits per heavy atom. The van der Waals surface area contributed by atoms with Gasteiger partial charge in [-0.2, -0.15) is 0 Å². The van der Waals surface area contributed by atoms with Gasteiger partial charge in [0.15, 0.2) is 0 Å². The first-order valence-electron chi connectivity index (χ1n) is 6.39. The van der Waals surface area contributed by atoms with E-state index in [1.807, 2.05) is 12.1 Å². The molecule has 19 heavy (non-hydrogen) atoms. The predicted molar refractivity (Wildman–Crippen MR) is 71.6 cm³/mol. The molecule has 1 atom stereocenters. The minimum atomic E-state index is -0.996. The second kappa shape index (κ2) is 4.91. The molecule has 1 aromatic carbocycles. The number of anilines is 1. The lowest BCUT2D eigenvalue weighted by atomic mass is 9.94. The number of hydrogen-bond acceptors (Lipinski definition) is 3. The van der Waals surface area contributed by atoms with E-state index < -0.39 is 17.4 Å². The van der Waals surface area contributed by atoms with Gasteiger partial charge in [-0.3, -0.25) is 4.79 Å². The third-order valence-electron chi connectivity index (χ3n) is 3.66. The van der Waals surface area contributed by atoms with Crippen LogP contribution < -0.4 is 11.1 Å². The third kappa shape index (κ3) is 2.54. The second-order valence-electron chi connectivity index (χ2n) is 4.98. The maximum Gasteiger partial charge on any atom is 0.326 e. The number of nitrogens with one attached hydrogen (secondary N) is 1. The van der Waals surface area contributed by atoms with Crippen molar-refractivity contribution in [1.82, 2.24) is 5.32 Å². The Balaban J connectivity index is 2.14. The van der Waals surface area contributed by atoms with Gasteiger partial charge in [-0.05, 0) is 37.0 Å². The molecule has 0 spiro atoms. The zero-order valence-electron chi connectivity index (χ0n) is 10.8. The maximum atomic E-state index is 12.3. The van der Waals surface area contributed by atoms with Crippen LogP contribution in [0, 0.1) is 0 Å². The van der Waals surface area contributed by atoms with E-state index in [1.165, 1.54) is 0 Å². The average Bonchev–Trinajstić information content (AvgIpc) is 3.17. The number of amides is 1. The molecular weight excluding hydrogens is 244 g/mol. The summed E-state index contributed by atoms with van der Waals surface area (Å²) < 4.78 is 0. The van der Waals surface area contributed by atoms with Crippen LogP contribution in [0.25, 0.3) is 0 Å². The summed E-state index contributed by atoms with van der Waals surface area (Å²) in [5.41, 5.74) is 6.62. The molecule has 1 saturated carbocycles. The van der Waals surface area contributed by atoms with Crippen LogP contribution in [0.5, 0.6) is 0 Å². The highest BCUT2D eigenvalue weighted by atomic mass is 16.4. The van der Waals surface area contributed by atoms with Crippen molar-refractivity contribution in [2.75, 3.05) is 5.73 Å². The first kappa shape index (κ1) is 13.4. The van der Waals surface area contributed by atoms with E-state index in [-0.39, 0.29) is 5.91 Å². The molecule has 5 heteroatoms. The molecular formula is C14H18N2O3. The van der Waals surface area contributed by atoms with E-state index in [9.17, 15) is 9.59 Å². The molecule has 102 valence electrons. The van der Waals surface area contributed by atoms with E-state index in [4.69, 9.17) is 10.8 Å². The van der Waals surface area contributed by atoms with Crippen LogP contribution in [0.1, 0.15) is 31.7 Å². The minimum Gasteiger partial charge on any atom is -0.480 e. The van der Waals surface area contributed by atoms with Crippen LogP contribution in [0.3, 0.4) is 0 Å². The number of carboxylic acid groups (broad SMARTS) is 1. The van der Waals surface area contributed by atoms with E-state index in [0.29, 0.717) is 12.1 Å². The number of rotatable bonds is 5. The Kier molecular flexibility index (Phi) is 3.46. The van der Waals surface area contributed by atoms with Crippen molar-refractivity contribution in [3.63, 3.8) is 0 Å². The molecule has 0 bridgehead atoms. The van der Waals surface area contributed by atoms with Crippen molar-refractivity contribution >= 4 is 17.6 Å². The molecule has 0 radical (unpaired) electrons. The van der Waals surface area contributed by atoms with Crippen molar-refractivity contribution in [2.45, 2.75) is 37.6 Å². The van der Waals surface area contributed by atoms with Crippen molar-refractivity contribution in [2.24, 2.45) is 0 Å². The van der Waals surface area contributed by atoms with Crippen LogP contribution in [-0.4, -0.2) is 23.0 Å². The number of carbonyl (C=O) groups is 2. The molecule has 0 saturated heterocycles. The van der Waals surface area contributed by atoms with Crippen LogP contribution in [0.15, 0.2) is 24.3 Å². The first-order valence-corrected chi connectivity index (χ1v) is 6.39. The molecule has 4 N–H and O–H groups in total. The molecule has 1 aliphatic rings. The zero-order valence-corrected chi connectivity index (χ0v) is 10.8. The number of nitrogens with two attached hydrogens (primary N) is 1. The maximum absolute atomic E-state index is 12.3. The van der Waals surface area contributed by atoms with Crippen LogP contribution in [-0.2, 0) is 15.0 Å². The average molecular weight is 262 g/mol. The van der Waals surface area contributed by atoms with Crippen molar-refractivity contribution < 1.29 is 14.7 Å². The van der Waals surface area contributed by atoms with Crippen molar-refractivity contribution in [3.05, 3.63) is 29.8 Å². The van der Waals surface area contributed by atoms with Gasteiger partial charge in [-0.15, -0.1) is 0 Å². The fraction of sp³-hybridized carbons (Fsp3) is 0.429. The van der Waals surface area contributed by atoms with Gasteiger partial charge >= 0.3 is 5.97 Å². The molecule has 0 heterocycles. The fourth-order valence-corrected chi connectivity index (χ4v) is 2.21. The largest absolute Gasteiger partial charge is 0.480 e. The monoisotopic (exact) mass is 262 g/mol. The Hall–Kier alpha value is -2.04. The van der Waals surface area contributed by atoms with Crippen LogP contribution in [0.2, 0.25) is 0 Å². The summed E-state index contributed by atoms with van der Waals surface area (Å²) in [6.45, 7) is 1.74. The SMILES string of the molecule is CC[C@@H](NC(=O)C1(c2ccc(N)cc2)CC1)C(=O)O. The highest BCUT2D eigenvalue weighted by Crippen LogP contribution is 2.48. The summed E-state index contributed by atoms with van der Waals surface area (Å²) in [5.74, 6) is -1.20. The molecule has 0 aromatic heterocycles. The van der Waals surface area contributed by atoms with Gasteiger partial charge in [-0.1, -0.05) is 19.1 Å². The summed E-state index contributed by atoms with van der Waals surface area (Å²) in [6.07, 6.45) is 1.87. The molecule has 0 aliphatic heterocycles. The van der Waals surface area contributed by atoms with Crippen molar-refractivity contribution in [1.29, 1.82) is 0 Å². The summed E-state index contributed by atoms with van der Waals surface area (Å²) in [5, 5.41) is 11.6. The van der Waals surface area contributed by atoms with Crippen molar-refractivity contribution in [3.8, 4) is 0 Å². The number of carbonyl (C=O) groups excluding carboxylic acids is 1. The van der Waals surface area contributed by atoms with Gasteiger partial charge in [0.2, 0.25) is 5.91 Å². The predicted octanol–water partition coefficient (Wildman–Crippen LogP) is 1.28. The van der Waals surface area contributed by atoms with Crippen LogP contribution in [0.4, 0.5) is 5.69 Å². The Morgan fingerprint density at radius 2 is 1.95 bits per heavy atom. The lowest BCUT2D eigenvalue weighted by Crippen LogP contribution is -2.45.